The van der Waals surface area contributed by atoms with Crippen molar-refractivity contribution < 1.29 is 9.90 Å². The largest absolute Gasteiger partial charge is 0.481 e. The Hall–Kier alpha value is -2.11. The second-order valence-electron chi connectivity index (χ2n) is 5.09. The van der Waals surface area contributed by atoms with Crippen LogP contribution in [0.1, 0.15) is 18.9 Å². The van der Waals surface area contributed by atoms with E-state index in [0.717, 1.165) is 23.6 Å². The average Bonchev–Trinajstić information content (AvgIpc) is 2.94. The molecule has 1 aliphatic rings. The van der Waals surface area contributed by atoms with E-state index in [1.807, 2.05) is 26.0 Å². The van der Waals surface area contributed by atoms with Crippen molar-refractivity contribution in [2.45, 2.75) is 26.3 Å². The van der Waals surface area contributed by atoms with Gasteiger partial charge in [-0.15, -0.1) is 0 Å². The number of pyridine rings is 1. The number of rotatable bonds is 2. The summed E-state index contributed by atoms with van der Waals surface area (Å²) in [7, 11) is 0. The number of aryl methyl sites for hydroxylation is 1. The Kier molecular flexibility index (Phi) is 2.66. The van der Waals surface area contributed by atoms with Gasteiger partial charge in [-0.05, 0) is 38.0 Å². The Morgan fingerprint density at radius 1 is 1.47 bits per heavy atom. The molecule has 0 aliphatic carbocycles. The lowest BCUT2D eigenvalue weighted by Crippen LogP contribution is -2.34. The van der Waals surface area contributed by atoms with E-state index in [0.29, 0.717) is 6.42 Å². The molecule has 0 aromatic carbocycles. The van der Waals surface area contributed by atoms with Gasteiger partial charge in [-0.2, -0.15) is 9.61 Å². The third-order valence-corrected chi connectivity index (χ3v) is 3.87. The summed E-state index contributed by atoms with van der Waals surface area (Å²) in [5.41, 5.74) is 1.89. The molecule has 2 aromatic heterocycles. The second kappa shape index (κ2) is 4.22. The Morgan fingerprint density at radius 3 is 2.95 bits per heavy atom. The molecule has 3 rings (SSSR count). The van der Waals surface area contributed by atoms with Crippen LogP contribution in [0.15, 0.2) is 18.5 Å². The highest BCUT2D eigenvalue weighted by Crippen LogP contribution is 2.30. The highest BCUT2D eigenvalue weighted by Gasteiger charge is 2.36. The Balaban J connectivity index is 2.05. The van der Waals surface area contributed by atoms with Gasteiger partial charge in [0.25, 0.3) is 0 Å². The van der Waals surface area contributed by atoms with Crippen LogP contribution in [0.5, 0.6) is 0 Å². The molecule has 1 saturated heterocycles. The summed E-state index contributed by atoms with van der Waals surface area (Å²) in [4.78, 5) is 17.5. The van der Waals surface area contributed by atoms with Crippen molar-refractivity contribution in [1.29, 1.82) is 0 Å². The maximum absolute atomic E-state index is 11.2. The maximum atomic E-state index is 11.2. The number of aromatic nitrogens is 3. The molecule has 1 fully saturated rings. The Bertz CT molecular complexity index is 637. The summed E-state index contributed by atoms with van der Waals surface area (Å²) >= 11 is 0. The first kappa shape index (κ1) is 12.0. The number of fused-ring (bicyclic) bond motifs is 1. The average molecular weight is 260 g/mol. The van der Waals surface area contributed by atoms with Gasteiger partial charge in [-0.3, -0.25) is 4.79 Å². The van der Waals surface area contributed by atoms with Crippen molar-refractivity contribution in [2.75, 3.05) is 11.4 Å². The minimum Gasteiger partial charge on any atom is -0.481 e. The zero-order valence-electron chi connectivity index (χ0n) is 10.9. The molecule has 1 N–H and O–H groups in total. The fourth-order valence-electron chi connectivity index (χ4n) is 2.83. The molecule has 1 aliphatic heterocycles. The first-order valence-corrected chi connectivity index (χ1v) is 6.38. The number of carbonyl (C=O) groups is 1. The van der Waals surface area contributed by atoms with Gasteiger partial charge in [0.1, 0.15) is 12.1 Å². The van der Waals surface area contributed by atoms with E-state index in [2.05, 4.69) is 15.0 Å². The molecule has 2 unspecified atom stereocenters. The van der Waals surface area contributed by atoms with Gasteiger partial charge in [0.05, 0.1) is 5.92 Å². The summed E-state index contributed by atoms with van der Waals surface area (Å²) in [5.74, 6) is -0.125. The molecule has 0 spiro atoms. The number of carboxylic acid groups (broad SMARTS) is 1. The number of aliphatic carboxylic acids is 1. The molecule has 2 aromatic rings. The molecule has 19 heavy (non-hydrogen) atoms. The molecule has 3 heterocycles. The van der Waals surface area contributed by atoms with Gasteiger partial charge in [0, 0.05) is 12.6 Å². The zero-order valence-corrected chi connectivity index (χ0v) is 10.9. The lowest BCUT2D eigenvalue weighted by atomic mass is 10.0. The Morgan fingerprint density at radius 2 is 2.26 bits per heavy atom. The van der Waals surface area contributed by atoms with Gasteiger partial charge in [0.2, 0.25) is 0 Å². The van der Waals surface area contributed by atoms with Gasteiger partial charge >= 0.3 is 5.97 Å². The molecule has 2 atom stereocenters. The quantitative estimate of drug-likeness (QED) is 0.882. The van der Waals surface area contributed by atoms with Gasteiger partial charge in [-0.1, -0.05) is 0 Å². The first-order valence-electron chi connectivity index (χ1n) is 6.38. The SMILES string of the molecule is Cc1cc(N2CCC(C(=O)O)C2C)n2ncnc2c1. The highest BCUT2D eigenvalue weighted by molar-refractivity contribution is 5.73. The molecule has 6 nitrogen and oxygen atoms in total. The van der Waals surface area contributed by atoms with E-state index in [1.165, 1.54) is 6.33 Å². The number of hydrogen-bond acceptors (Lipinski definition) is 4. The summed E-state index contributed by atoms with van der Waals surface area (Å²) in [6.07, 6.45) is 2.19. The zero-order chi connectivity index (χ0) is 13.6. The predicted molar refractivity (Wildman–Crippen MR) is 70.3 cm³/mol. The third kappa shape index (κ3) is 1.83. The van der Waals surface area contributed by atoms with E-state index < -0.39 is 5.97 Å². The fraction of sp³-hybridized carbons (Fsp3) is 0.462. The number of nitrogens with zero attached hydrogens (tertiary/aromatic N) is 4. The van der Waals surface area contributed by atoms with Crippen LogP contribution < -0.4 is 4.90 Å². The minimum atomic E-state index is -0.725. The summed E-state index contributed by atoms with van der Waals surface area (Å²) < 4.78 is 1.77. The van der Waals surface area contributed by atoms with Gasteiger partial charge < -0.3 is 10.0 Å². The van der Waals surface area contributed by atoms with Crippen LogP contribution in [0.2, 0.25) is 0 Å². The molecule has 6 heteroatoms. The number of carboxylic acids is 1. The van der Waals surface area contributed by atoms with Gasteiger partial charge in [0.15, 0.2) is 5.65 Å². The van der Waals surface area contributed by atoms with Crippen molar-refractivity contribution in [2.24, 2.45) is 5.92 Å². The van der Waals surface area contributed by atoms with Crippen LogP contribution in [0, 0.1) is 12.8 Å². The van der Waals surface area contributed by atoms with E-state index in [1.54, 1.807) is 4.52 Å². The second-order valence-corrected chi connectivity index (χ2v) is 5.09. The molecular weight excluding hydrogens is 244 g/mol. The maximum Gasteiger partial charge on any atom is 0.308 e. The van der Waals surface area contributed by atoms with Crippen LogP contribution in [0.25, 0.3) is 5.65 Å². The van der Waals surface area contributed by atoms with Crippen molar-refractivity contribution >= 4 is 17.4 Å². The van der Waals surface area contributed by atoms with E-state index in [-0.39, 0.29) is 12.0 Å². The monoisotopic (exact) mass is 260 g/mol. The molecule has 0 saturated carbocycles. The summed E-state index contributed by atoms with van der Waals surface area (Å²) in [6.45, 7) is 4.70. The van der Waals surface area contributed by atoms with E-state index in [4.69, 9.17) is 0 Å². The van der Waals surface area contributed by atoms with Crippen LogP contribution in [-0.2, 0) is 4.79 Å². The normalized spacial score (nSPS) is 23.2. The van der Waals surface area contributed by atoms with Crippen LogP contribution in [0.4, 0.5) is 5.82 Å². The van der Waals surface area contributed by atoms with Gasteiger partial charge in [-0.25, -0.2) is 4.98 Å². The van der Waals surface area contributed by atoms with Crippen molar-refractivity contribution in [3.8, 4) is 0 Å². The third-order valence-electron chi connectivity index (χ3n) is 3.87. The number of hydrogen-bond donors (Lipinski definition) is 1. The molecule has 0 radical (unpaired) electrons. The standard InChI is InChI=1S/C13H16N4O2/c1-8-5-11-14-7-15-17(11)12(6-8)16-4-3-10(9(16)2)13(18)19/h5-7,9-10H,3-4H2,1-2H3,(H,18,19). The highest BCUT2D eigenvalue weighted by atomic mass is 16.4. The smallest absolute Gasteiger partial charge is 0.308 e. The topological polar surface area (TPSA) is 70.7 Å². The fourth-order valence-corrected chi connectivity index (χ4v) is 2.83. The van der Waals surface area contributed by atoms with Crippen LogP contribution in [0.3, 0.4) is 0 Å². The van der Waals surface area contributed by atoms with E-state index in [9.17, 15) is 9.90 Å². The molecule has 0 bridgehead atoms. The molecular formula is C13H16N4O2. The lowest BCUT2D eigenvalue weighted by Gasteiger charge is -2.25. The lowest BCUT2D eigenvalue weighted by molar-refractivity contribution is -0.141. The summed E-state index contributed by atoms with van der Waals surface area (Å²) in [6, 6.07) is 3.96. The summed E-state index contributed by atoms with van der Waals surface area (Å²) in [5, 5.41) is 13.4. The van der Waals surface area contributed by atoms with Crippen LogP contribution in [-0.4, -0.2) is 38.3 Å². The molecule has 100 valence electrons. The van der Waals surface area contributed by atoms with Crippen molar-refractivity contribution in [3.63, 3.8) is 0 Å². The number of anilines is 1. The van der Waals surface area contributed by atoms with Crippen LogP contribution >= 0.6 is 0 Å². The predicted octanol–water partition coefficient (Wildman–Crippen LogP) is 1.34. The minimum absolute atomic E-state index is 0.0355. The Labute approximate surface area is 110 Å². The van der Waals surface area contributed by atoms with E-state index >= 15 is 0 Å². The molecule has 0 amide bonds. The first-order chi connectivity index (χ1) is 9.08. The van der Waals surface area contributed by atoms with Crippen molar-refractivity contribution in [3.05, 3.63) is 24.0 Å². The van der Waals surface area contributed by atoms with Crippen molar-refractivity contribution in [1.82, 2.24) is 14.6 Å².